The maximum atomic E-state index is 14.8. The third kappa shape index (κ3) is 4.04. The van der Waals surface area contributed by atoms with Crippen LogP contribution in [-0.2, 0) is 0 Å². The van der Waals surface area contributed by atoms with Gasteiger partial charge in [-0.15, -0.1) is 0 Å². The van der Waals surface area contributed by atoms with E-state index in [4.69, 9.17) is 4.74 Å². The Kier molecular flexibility index (Phi) is 5.89. The monoisotopic (exact) mass is 402 g/mol. The van der Waals surface area contributed by atoms with Gasteiger partial charge in [-0.25, -0.2) is 8.78 Å². The molecule has 4 atom stereocenters. The molecule has 0 heterocycles. The topological polar surface area (TPSA) is 9.23 Å². The van der Waals surface area contributed by atoms with Crippen LogP contribution in [0.4, 0.5) is 13.2 Å². The molecule has 156 valence electrons. The van der Waals surface area contributed by atoms with E-state index in [-0.39, 0.29) is 23.7 Å². The highest BCUT2D eigenvalue weighted by Crippen LogP contribution is 2.48. The van der Waals surface area contributed by atoms with E-state index < -0.39 is 17.5 Å². The lowest BCUT2D eigenvalue weighted by atomic mass is 9.64. The van der Waals surface area contributed by atoms with Crippen molar-refractivity contribution in [1.82, 2.24) is 0 Å². The lowest BCUT2D eigenvalue weighted by molar-refractivity contribution is 0.124. The Morgan fingerprint density at radius 1 is 0.966 bits per heavy atom. The molecule has 2 aliphatic rings. The van der Waals surface area contributed by atoms with Crippen LogP contribution in [0.1, 0.15) is 63.9 Å². The normalized spacial score (nSPS) is 27.3. The van der Waals surface area contributed by atoms with Gasteiger partial charge in [-0.2, -0.15) is 4.39 Å². The molecule has 4 heteroatoms. The fraction of sp³-hybridized carbons (Fsp3) is 0.520. The minimum Gasteiger partial charge on any atom is -0.486 e. The summed E-state index contributed by atoms with van der Waals surface area (Å²) in [6, 6.07) is 4.68. The first kappa shape index (κ1) is 20.3. The number of benzene rings is 2. The van der Waals surface area contributed by atoms with Crippen LogP contribution in [0.15, 0.2) is 30.4 Å². The van der Waals surface area contributed by atoms with Crippen molar-refractivity contribution >= 4 is 10.8 Å². The molecule has 4 unspecified atom stereocenters. The molecule has 0 amide bonds. The van der Waals surface area contributed by atoms with E-state index >= 15 is 0 Å². The summed E-state index contributed by atoms with van der Waals surface area (Å²) in [6.07, 6.45) is 10.6. The van der Waals surface area contributed by atoms with Gasteiger partial charge < -0.3 is 4.74 Å². The summed E-state index contributed by atoms with van der Waals surface area (Å²) >= 11 is 0. The summed E-state index contributed by atoms with van der Waals surface area (Å²) in [6.45, 7) is 4.30. The summed E-state index contributed by atoms with van der Waals surface area (Å²) < 4.78 is 49.0. The van der Waals surface area contributed by atoms with Crippen molar-refractivity contribution in [2.45, 2.75) is 58.3 Å². The molecule has 1 nitrogen and oxygen atoms in total. The minimum absolute atomic E-state index is 0.144. The fourth-order valence-corrected chi connectivity index (χ4v) is 5.42. The van der Waals surface area contributed by atoms with Crippen molar-refractivity contribution in [2.24, 2.45) is 17.8 Å². The second-order valence-electron chi connectivity index (χ2n) is 8.93. The van der Waals surface area contributed by atoms with Crippen LogP contribution in [0, 0.1) is 35.2 Å². The van der Waals surface area contributed by atoms with Crippen LogP contribution in [0.5, 0.6) is 5.75 Å². The maximum Gasteiger partial charge on any atom is 0.201 e. The number of ether oxygens (including phenoxy) is 1. The van der Waals surface area contributed by atoms with Gasteiger partial charge in [-0.05, 0) is 85.8 Å². The Labute approximate surface area is 170 Å². The van der Waals surface area contributed by atoms with Crippen molar-refractivity contribution in [2.75, 3.05) is 6.61 Å². The zero-order chi connectivity index (χ0) is 20.5. The first-order chi connectivity index (χ1) is 14.0. The van der Waals surface area contributed by atoms with Crippen molar-refractivity contribution in [3.8, 4) is 5.75 Å². The average Bonchev–Trinajstić information content (AvgIpc) is 2.70. The van der Waals surface area contributed by atoms with Gasteiger partial charge >= 0.3 is 0 Å². The second kappa shape index (κ2) is 8.41. The predicted molar refractivity (Wildman–Crippen MR) is 111 cm³/mol. The fourth-order valence-electron chi connectivity index (χ4n) is 5.42. The van der Waals surface area contributed by atoms with Gasteiger partial charge in [0.25, 0.3) is 0 Å². The molecule has 0 radical (unpaired) electrons. The summed E-state index contributed by atoms with van der Waals surface area (Å²) in [7, 11) is 0. The number of allylic oxidation sites excluding steroid dienone is 1. The zero-order valence-electron chi connectivity index (χ0n) is 17.2. The Bertz CT molecular complexity index is 920. The van der Waals surface area contributed by atoms with Crippen LogP contribution >= 0.6 is 0 Å². The van der Waals surface area contributed by atoms with E-state index in [0.717, 1.165) is 30.2 Å². The van der Waals surface area contributed by atoms with E-state index in [1.807, 2.05) is 13.0 Å². The van der Waals surface area contributed by atoms with E-state index in [1.165, 1.54) is 37.8 Å². The lowest BCUT2D eigenvalue weighted by Crippen LogP contribution is -2.29. The highest BCUT2D eigenvalue weighted by molar-refractivity contribution is 5.86. The third-order valence-corrected chi connectivity index (χ3v) is 6.98. The number of fused-ring (bicyclic) bond motifs is 2. The Hall–Kier alpha value is -1.97. The predicted octanol–water partition coefficient (Wildman–Crippen LogP) is 7.53. The van der Waals surface area contributed by atoms with E-state index in [2.05, 4.69) is 6.92 Å². The smallest absolute Gasteiger partial charge is 0.201 e. The number of hydrogen-bond acceptors (Lipinski definition) is 1. The summed E-state index contributed by atoms with van der Waals surface area (Å²) in [5, 5.41) is 0.0820. The molecule has 2 saturated carbocycles. The number of hydrogen-bond donors (Lipinski definition) is 0. The Morgan fingerprint density at radius 3 is 2.52 bits per heavy atom. The van der Waals surface area contributed by atoms with Crippen LogP contribution < -0.4 is 4.74 Å². The summed E-state index contributed by atoms with van der Waals surface area (Å²) in [4.78, 5) is 0. The van der Waals surface area contributed by atoms with Gasteiger partial charge in [0.2, 0.25) is 5.82 Å². The molecule has 2 aromatic rings. The van der Waals surface area contributed by atoms with Crippen LogP contribution in [-0.4, -0.2) is 6.61 Å². The molecule has 0 N–H and O–H groups in total. The van der Waals surface area contributed by atoms with Gasteiger partial charge in [0.05, 0.1) is 5.39 Å². The van der Waals surface area contributed by atoms with E-state index in [9.17, 15) is 13.2 Å². The lowest BCUT2D eigenvalue weighted by Gasteiger charge is -2.41. The SMILES string of the molecule is C/C=C/COc1cc2cc(C3CCC4CC(C)CCC4C3)cc(F)c2c(F)c1F. The van der Waals surface area contributed by atoms with Crippen LogP contribution in [0.25, 0.3) is 10.8 Å². The van der Waals surface area contributed by atoms with Gasteiger partial charge in [-0.1, -0.05) is 31.6 Å². The van der Waals surface area contributed by atoms with Crippen molar-refractivity contribution in [3.63, 3.8) is 0 Å². The molecule has 2 aromatic carbocycles. The van der Waals surface area contributed by atoms with E-state index in [1.54, 1.807) is 12.2 Å². The van der Waals surface area contributed by atoms with Gasteiger partial charge in [-0.3, -0.25) is 0 Å². The molecule has 2 aliphatic carbocycles. The summed E-state index contributed by atoms with van der Waals surface area (Å²) in [5.74, 6) is -0.582. The number of halogens is 3. The van der Waals surface area contributed by atoms with Gasteiger partial charge in [0.1, 0.15) is 12.4 Å². The Balaban J connectivity index is 1.65. The quantitative estimate of drug-likeness (QED) is 0.480. The van der Waals surface area contributed by atoms with Crippen molar-refractivity contribution in [1.29, 1.82) is 0 Å². The highest BCUT2D eigenvalue weighted by Gasteiger charge is 2.35. The van der Waals surface area contributed by atoms with Gasteiger partial charge in [0.15, 0.2) is 11.6 Å². The molecule has 4 rings (SSSR count). The molecule has 0 saturated heterocycles. The van der Waals surface area contributed by atoms with E-state index in [0.29, 0.717) is 11.3 Å². The highest BCUT2D eigenvalue weighted by atomic mass is 19.2. The molecule has 0 aliphatic heterocycles. The second-order valence-corrected chi connectivity index (χ2v) is 8.93. The largest absolute Gasteiger partial charge is 0.486 e. The molecule has 2 fully saturated rings. The molecule has 0 spiro atoms. The minimum atomic E-state index is -1.17. The standard InChI is InChI=1S/C25H29F3O/c1-3-4-9-29-22-14-20-12-19(13-21(26)23(20)25(28)24(22)27)18-8-7-16-10-15(2)5-6-17(16)11-18/h3-4,12-18H,5-11H2,1-2H3/b4-3+. The zero-order valence-corrected chi connectivity index (χ0v) is 17.2. The molecule has 0 aromatic heterocycles. The Morgan fingerprint density at radius 2 is 1.72 bits per heavy atom. The average molecular weight is 403 g/mol. The molecular formula is C25H29F3O. The van der Waals surface area contributed by atoms with Crippen molar-refractivity contribution < 1.29 is 17.9 Å². The maximum absolute atomic E-state index is 14.8. The molecule has 0 bridgehead atoms. The number of rotatable bonds is 4. The first-order valence-electron chi connectivity index (χ1n) is 10.8. The molecular weight excluding hydrogens is 373 g/mol. The van der Waals surface area contributed by atoms with Gasteiger partial charge in [0, 0.05) is 0 Å². The third-order valence-electron chi connectivity index (χ3n) is 6.98. The first-order valence-corrected chi connectivity index (χ1v) is 10.8. The van der Waals surface area contributed by atoms with Crippen molar-refractivity contribution in [3.05, 3.63) is 53.4 Å². The molecule has 29 heavy (non-hydrogen) atoms. The van der Waals surface area contributed by atoms with Crippen LogP contribution in [0.2, 0.25) is 0 Å². The summed E-state index contributed by atoms with van der Waals surface area (Å²) in [5.41, 5.74) is 0.900. The van der Waals surface area contributed by atoms with Crippen LogP contribution in [0.3, 0.4) is 0 Å².